The SMILES string of the molecule is N#CC(Nc1ccccc1F)c1cccc(C2CC2)c1. The van der Waals surface area contributed by atoms with Gasteiger partial charge in [0.2, 0.25) is 0 Å². The molecule has 3 heteroatoms. The molecule has 0 saturated heterocycles. The van der Waals surface area contributed by atoms with Crippen LogP contribution in [0.25, 0.3) is 0 Å². The Balaban J connectivity index is 1.85. The molecule has 100 valence electrons. The van der Waals surface area contributed by atoms with Crippen LogP contribution >= 0.6 is 0 Å². The van der Waals surface area contributed by atoms with Crippen LogP contribution in [0.3, 0.4) is 0 Å². The summed E-state index contributed by atoms with van der Waals surface area (Å²) in [4.78, 5) is 0. The lowest BCUT2D eigenvalue weighted by Gasteiger charge is -2.14. The molecule has 0 amide bonds. The van der Waals surface area contributed by atoms with Crippen LogP contribution in [0, 0.1) is 17.1 Å². The lowest BCUT2D eigenvalue weighted by molar-refractivity contribution is 0.629. The summed E-state index contributed by atoms with van der Waals surface area (Å²) in [5, 5.41) is 12.3. The van der Waals surface area contributed by atoms with Crippen molar-refractivity contribution in [1.82, 2.24) is 0 Å². The van der Waals surface area contributed by atoms with Crippen molar-refractivity contribution in [3.63, 3.8) is 0 Å². The molecule has 1 saturated carbocycles. The minimum atomic E-state index is -0.536. The highest BCUT2D eigenvalue weighted by molar-refractivity contribution is 5.49. The summed E-state index contributed by atoms with van der Waals surface area (Å²) < 4.78 is 13.6. The molecule has 1 N–H and O–H groups in total. The Bertz CT molecular complexity index is 656. The third-order valence-corrected chi connectivity index (χ3v) is 3.60. The molecule has 1 unspecified atom stereocenters. The van der Waals surface area contributed by atoms with Crippen LogP contribution in [0.15, 0.2) is 48.5 Å². The fourth-order valence-corrected chi connectivity index (χ4v) is 2.33. The standard InChI is InChI=1S/C17H15FN2/c18-15-6-1-2-7-16(15)20-17(11-19)14-5-3-4-13(10-14)12-8-9-12/h1-7,10,12,17,20H,8-9H2. The molecule has 3 rings (SSSR count). The number of rotatable bonds is 4. The Morgan fingerprint density at radius 1 is 1.15 bits per heavy atom. The van der Waals surface area contributed by atoms with Gasteiger partial charge in [0.1, 0.15) is 11.9 Å². The number of halogens is 1. The summed E-state index contributed by atoms with van der Waals surface area (Å²) >= 11 is 0. The highest BCUT2D eigenvalue weighted by Crippen LogP contribution is 2.40. The van der Waals surface area contributed by atoms with E-state index >= 15 is 0 Å². The molecule has 1 aliphatic carbocycles. The first-order valence-corrected chi connectivity index (χ1v) is 6.78. The normalized spacial score (nSPS) is 15.4. The molecule has 2 nitrogen and oxygen atoms in total. The van der Waals surface area contributed by atoms with Crippen LogP contribution in [0.5, 0.6) is 0 Å². The van der Waals surface area contributed by atoms with Crippen LogP contribution in [0.2, 0.25) is 0 Å². The van der Waals surface area contributed by atoms with Gasteiger partial charge in [-0.2, -0.15) is 5.26 Å². The predicted octanol–water partition coefficient (Wildman–Crippen LogP) is 4.38. The van der Waals surface area contributed by atoms with Gasteiger partial charge < -0.3 is 5.32 Å². The van der Waals surface area contributed by atoms with Gasteiger partial charge in [-0.25, -0.2) is 4.39 Å². The molecule has 0 aromatic heterocycles. The van der Waals surface area contributed by atoms with Gasteiger partial charge in [0.05, 0.1) is 11.8 Å². The van der Waals surface area contributed by atoms with Crippen molar-refractivity contribution in [3.8, 4) is 6.07 Å². The Morgan fingerprint density at radius 2 is 1.95 bits per heavy atom. The summed E-state index contributed by atoms with van der Waals surface area (Å²) in [6, 6.07) is 16.1. The van der Waals surface area contributed by atoms with E-state index in [4.69, 9.17) is 0 Å². The summed E-state index contributed by atoms with van der Waals surface area (Å²) in [6.45, 7) is 0. The molecule has 0 aliphatic heterocycles. The van der Waals surface area contributed by atoms with Gasteiger partial charge in [-0.1, -0.05) is 36.4 Å². The van der Waals surface area contributed by atoms with E-state index in [-0.39, 0.29) is 5.82 Å². The van der Waals surface area contributed by atoms with E-state index < -0.39 is 6.04 Å². The Labute approximate surface area is 117 Å². The molecular formula is C17H15FN2. The monoisotopic (exact) mass is 266 g/mol. The number of para-hydroxylation sites is 1. The topological polar surface area (TPSA) is 35.8 Å². The van der Waals surface area contributed by atoms with E-state index in [1.54, 1.807) is 18.2 Å². The minimum Gasteiger partial charge on any atom is -0.364 e. The quantitative estimate of drug-likeness (QED) is 0.891. The predicted molar refractivity (Wildman–Crippen MR) is 76.8 cm³/mol. The van der Waals surface area contributed by atoms with Crippen molar-refractivity contribution < 1.29 is 4.39 Å². The maximum absolute atomic E-state index is 13.6. The molecule has 20 heavy (non-hydrogen) atoms. The zero-order valence-electron chi connectivity index (χ0n) is 11.0. The van der Waals surface area contributed by atoms with Crippen LogP contribution in [-0.4, -0.2) is 0 Å². The van der Waals surface area contributed by atoms with Crippen LogP contribution in [-0.2, 0) is 0 Å². The average Bonchev–Trinajstić information content (AvgIpc) is 3.31. The second kappa shape index (κ2) is 5.34. The van der Waals surface area contributed by atoms with Gasteiger partial charge in [-0.05, 0) is 42.0 Å². The van der Waals surface area contributed by atoms with Crippen molar-refractivity contribution in [2.75, 3.05) is 5.32 Å². The number of anilines is 1. The summed E-state index contributed by atoms with van der Waals surface area (Å²) in [6.07, 6.45) is 2.45. The highest BCUT2D eigenvalue weighted by atomic mass is 19.1. The van der Waals surface area contributed by atoms with Crippen molar-refractivity contribution in [2.45, 2.75) is 24.8 Å². The van der Waals surface area contributed by atoms with Crippen molar-refractivity contribution in [2.24, 2.45) is 0 Å². The number of nitrogens with one attached hydrogen (secondary N) is 1. The average molecular weight is 266 g/mol. The highest BCUT2D eigenvalue weighted by Gasteiger charge is 2.24. The largest absolute Gasteiger partial charge is 0.364 e. The van der Waals surface area contributed by atoms with Crippen molar-refractivity contribution in [3.05, 3.63) is 65.5 Å². The summed E-state index contributed by atoms with van der Waals surface area (Å²) in [5.74, 6) is 0.300. The molecule has 0 heterocycles. The molecule has 2 aromatic rings. The lowest BCUT2D eigenvalue weighted by Crippen LogP contribution is -2.09. The van der Waals surface area contributed by atoms with E-state index in [0.717, 1.165) is 5.56 Å². The zero-order chi connectivity index (χ0) is 13.9. The number of benzene rings is 2. The maximum Gasteiger partial charge on any atom is 0.146 e. The van der Waals surface area contributed by atoms with Gasteiger partial charge in [0, 0.05) is 0 Å². The van der Waals surface area contributed by atoms with E-state index in [2.05, 4.69) is 23.5 Å². The molecule has 0 spiro atoms. The number of hydrogen-bond donors (Lipinski definition) is 1. The lowest BCUT2D eigenvalue weighted by atomic mass is 10.0. The smallest absolute Gasteiger partial charge is 0.146 e. The maximum atomic E-state index is 13.6. The van der Waals surface area contributed by atoms with Crippen LogP contribution in [0.1, 0.15) is 35.9 Å². The van der Waals surface area contributed by atoms with Crippen LogP contribution in [0.4, 0.5) is 10.1 Å². The summed E-state index contributed by atoms with van der Waals surface area (Å²) in [7, 11) is 0. The number of nitriles is 1. The first-order chi connectivity index (χ1) is 9.78. The molecule has 2 aromatic carbocycles. The first kappa shape index (κ1) is 12.7. The molecule has 1 fully saturated rings. The molecule has 0 bridgehead atoms. The second-order valence-corrected chi connectivity index (χ2v) is 5.13. The van der Waals surface area contributed by atoms with E-state index in [0.29, 0.717) is 11.6 Å². The fourth-order valence-electron chi connectivity index (χ4n) is 2.33. The van der Waals surface area contributed by atoms with Crippen LogP contribution < -0.4 is 5.32 Å². The third-order valence-electron chi connectivity index (χ3n) is 3.60. The van der Waals surface area contributed by atoms with Gasteiger partial charge >= 0.3 is 0 Å². The van der Waals surface area contributed by atoms with Gasteiger partial charge in [-0.15, -0.1) is 0 Å². The fraction of sp³-hybridized carbons (Fsp3) is 0.235. The van der Waals surface area contributed by atoms with E-state index in [9.17, 15) is 9.65 Å². The van der Waals surface area contributed by atoms with Gasteiger partial charge in [0.25, 0.3) is 0 Å². The molecule has 1 atom stereocenters. The van der Waals surface area contributed by atoms with Crippen molar-refractivity contribution >= 4 is 5.69 Å². The zero-order valence-corrected chi connectivity index (χ0v) is 11.0. The van der Waals surface area contributed by atoms with Crippen molar-refractivity contribution in [1.29, 1.82) is 5.26 Å². The molecule has 0 radical (unpaired) electrons. The third kappa shape index (κ3) is 2.65. The Kier molecular flexibility index (Phi) is 3.39. The Hall–Kier alpha value is -2.34. The number of nitrogens with zero attached hydrogens (tertiary/aromatic N) is 1. The summed E-state index contributed by atoms with van der Waals surface area (Å²) in [5.41, 5.74) is 2.52. The first-order valence-electron chi connectivity index (χ1n) is 6.78. The van der Waals surface area contributed by atoms with E-state index in [1.165, 1.54) is 24.5 Å². The van der Waals surface area contributed by atoms with Gasteiger partial charge in [-0.3, -0.25) is 0 Å². The minimum absolute atomic E-state index is 0.342. The second-order valence-electron chi connectivity index (χ2n) is 5.13. The number of hydrogen-bond acceptors (Lipinski definition) is 2. The van der Waals surface area contributed by atoms with Gasteiger partial charge in [0.15, 0.2) is 0 Å². The molecular weight excluding hydrogens is 251 g/mol. The Morgan fingerprint density at radius 3 is 2.65 bits per heavy atom. The molecule has 1 aliphatic rings. The van der Waals surface area contributed by atoms with E-state index in [1.807, 2.05) is 12.1 Å².